The second-order valence-corrected chi connectivity index (χ2v) is 11.1. The summed E-state index contributed by atoms with van der Waals surface area (Å²) >= 11 is 0. The number of aliphatic hydroxyl groups excluding tert-OH is 1. The van der Waals surface area contributed by atoms with E-state index in [0.717, 1.165) is 27.8 Å². The average molecular weight is 620 g/mol. The highest BCUT2D eigenvalue weighted by Crippen LogP contribution is 2.30. The van der Waals surface area contributed by atoms with E-state index in [2.05, 4.69) is 20.6 Å². The maximum absolute atomic E-state index is 12.8. The zero-order valence-corrected chi connectivity index (χ0v) is 24.8. The molecule has 2 heterocycles. The van der Waals surface area contributed by atoms with Gasteiger partial charge in [0.1, 0.15) is 5.75 Å². The molecule has 0 unspecified atom stereocenters. The highest BCUT2D eigenvalue weighted by Gasteiger charge is 2.15. The van der Waals surface area contributed by atoms with Crippen molar-refractivity contribution in [1.29, 1.82) is 0 Å². The van der Waals surface area contributed by atoms with Crippen LogP contribution >= 0.6 is 0 Å². The number of fused-ring (bicyclic) bond motifs is 2. The lowest BCUT2D eigenvalue weighted by molar-refractivity contribution is 0.176. The molecule has 0 spiro atoms. The fraction of sp³-hybridized carbons (Fsp3) is 0.171. The third-order valence-electron chi connectivity index (χ3n) is 8.03. The van der Waals surface area contributed by atoms with Crippen molar-refractivity contribution >= 4 is 33.7 Å². The van der Waals surface area contributed by atoms with E-state index in [0.29, 0.717) is 48.1 Å². The van der Waals surface area contributed by atoms with Crippen LogP contribution < -0.4 is 21.9 Å². The lowest BCUT2D eigenvalue weighted by Gasteiger charge is -2.15. The first-order valence-corrected chi connectivity index (χ1v) is 14.9. The van der Waals surface area contributed by atoms with Gasteiger partial charge in [-0.15, -0.1) is 0 Å². The number of anilines is 1. The summed E-state index contributed by atoms with van der Waals surface area (Å²) in [4.78, 5) is 41.5. The van der Waals surface area contributed by atoms with Crippen LogP contribution in [0.4, 0.5) is 10.5 Å². The Kier molecular flexibility index (Phi) is 8.68. The van der Waals surface area contributed by atoms with Crippen LogP contribution in [0.15, 0.2) is 101 Å². The number of phenols is 1. The number of phenolic OH excluding ortho intramolecular Hbond substituents is 1. The summed E-state index contributed by atoms with van der Waals surface area (Å²) in [6.45, 7) is 1.15. The highest BCUT2D eigenvalue weighted by molar-refractivity contribution is 5.91. The molecule has 0 fully saturated rings. The van der Waals surface area contributed by atoms with Crippen molar-refractivity contribution in [1.82, 2.24) is 19.9 Å². The van der Waals surface area contributed by atoms with Gasteiger partial charge >= 0.3 is 11.8 Å². The van der Waals surface area contributed by atoms with Crippen LogP contribution in [0, 0.1) is 0 Å². The van der Waals surface area contributed by atoms with Gasteiger partial charge in [-0.05, 0) is 65.4 Å². The van der Waals surface area contributed by atoms with E-state index in [1.165, 1.54) is 12.1 Å². The number of nitrogens with one attached hydrogen (secondary N) is 4. The number of aromatic nitrogens is 3. The molecule has 7 N–H and O–H groups in total. The summed E-state index contributed by atoms with van der Waals surface area (Å²) in [6.07, 6.45) is -0.691. The van der Waals surface area contributed by atoms with Crippen LogP contribution in [-0.2, 0) is 19.5 Å². The summed E-state index contributed by atoms with van der Waals surface area (Å²) in [5.41, 5.74) is 5.91. The number of hydrogen-bond acceptors (Lipinski definition) is 6. The number of aromatic hydroxyl groups is 1. The molecule has 1 amide bonds. The van der Waals surface area contributed by atoms with Crippen molar-refractivity contribution in [2.75, 3.05) is 11.9 Å². The minimum atomic E-state index is -1.13. The van der Waals surface area contributed by atoms with E-state index in [4.69, 9.17) is 0 Å². The molecule has 0 bridgehead atoms. The molecule has 46 heavy (non-hydrogen) atoms. The number of aryl methyl sites for hydroxylation is 2. The molecule has 6 aromatic rings. The number of pyridine rings is 1. The Morgan fingerprint density at radius 1 is 0.891 bits per heavy atom. The van der Waals surface area contributed by atoms with Gasteiger partial charge < -0.3 is 30.6 Å². The molecule has 0 saturated heterocycles. The molecule has 2 aromatic heterocycles. The van der Waals surface area contributed by atoms with Crippen molar-refractivity contribution in [3.63, 3.8) is 0 Å². The molecule has 0 aliphatic rings. The molecular weight excluding hydrogens is 586 g/mol. The van der Waals surface area contributed by atoms with E-state index in [1.54, 1.807) is 16.7 Å². The number of aromatic amines is 2. The van der Waals surface area contributed by atoms with Gasteiger partial charge in [0.2, 0.25) is 5.56 Å². The van der Waals surface area contributed by atoms with E-state index in [-0.39, 0.29) is 29.1 Å². The fourth-order valence-corrected chi connectivity index (χ4v) is 5.83. The summed E-state index contributed by atoms with van der Waals surface area (Å²) in [5, 5.41) is 36.6. The van der Waals surface area contributed by atoms with Gasteiger partial charge in [0.15, 0.2) is 0 Å². The van der Waals surface area contributed by atoms with Crippen molar-refractivity contribution in [3.05, 3.63) is 129 Å². The zero-order chi connectivity index (χ0) is 32.2. The van der Waals surface area contributed by atoms with Crippen molar-refractivity contribution < 1.29 is 20.1 Å². The zero-order valence-electron chi connectivity index (χ0n) is 24.8. The highest BCUT2D eigenvalue weighted by atomic mass is 16.4. The maximum atomic E-state index is 12.8. The number of carbonyl (C=O) groups is 1. The third kappa shape index (κ3) is 6.55. The number of imidazole rings is 1. The molecule has 1 atom stereocenters. The molecule has 0 saturated carbocycles. The summed E-state index contributed by atoms with van der Waals surface area (Å²) in [5.74, 6) is -0.0643. The number of aliphatic hydroxyl groups is 1. The van der Waals surface area contributed by atoms with Crippen LogP contribution in [0.25, 0.3) is 33.1 Å². The van der Waals surface area contributed by atoms with Gasteiger partial charge in [-0.2, -0.15) is 0 Å². The molecule has 0 radical (unpaired) electrons. The van der Waals surface area contributed by atoms with Crippen molar-refractivity contribution in [2.45, 2.75) is 32.0 Å². The molecular formula is C35H33N5O6. The fourth-order valence-electron chi connectivity index (χ4n) is 5.83. The first-order valence-electron chi connectivity index (χ1n) is 14.9. The molecule has 11 nitrogen and oxygen atoms in total. The Bertz CT molecular complexity index is 2150. The number of H-pyrrole nitrogens is 2. The number of rotatable bonds is 11. The Morgan fingerprint density at radius 3 is 2.50 bits per heavy atom. The van der Waals surface area contributed by atoms with Crippen LogP contribution in [0.2, 0.25) is 0 Å². The Hall–Kier alpha value is -5.65. The van der Waals surface area contributed by atoms with E-state index in [9.17, 15) is 29.7 Å². The predicted octanol–water partition coefficient (Wildman–Crippen LogP) is 5.09. The number of amides is 1. The molecule has 0 aliphatic heterocycles. The van der Waals surface area contributed by atoms with Gasteiger partial charge in [-0.3, -0.25) is 14.7 Å². The normalized spacial score (nSPS) is 12.0. The summed E-state index contributed by atoms with van der Waals surface area (Å²) < 4.78 is 1.70. The van der Waals surface area contributed by atoms with Gasteiger partial charge in [0, 0.05) is 36.7 Å². The standard InChI is InChI=1S/C35H33N5O6/c41-30-14-11-25(26-12-15-32(43)39-33(26)30)31(42)20-36-19-22-9-13-29-28(18-22)37-34(44)40(29)16-4-5-21-8-10-24(23-6-2-1-3-7-23)27(17-21)38-35(45)46/h1-3,6-15,17-18,31,36,38,41-42H,4-5,16,19-20H2,(H,37,44)(H,39,43)(H,45,46)/t31-/m1/s1. The van der Waals surface area contributed by atoms with Gasteiger partial charge in [-0.25, -0.2) is 9.59 Å². The van der Waals surface area contributed by atoms with Gasteiger partial charge in [0.05, 0.1) is 28.3 Å². The van der Waals surface area contributed by atoms with Crippen LogP contribution in [-0.4, -0.2) is 42.5 Å². The number of benzene rings is 4. The SMILES string of the molecule is O=C(O)Nc1cc(CCCn2c(=O)[nH]c3cc(CNC[C@@H](O)c4ccc(O)c5[nH]c(=O)ccc45)ccc32)ccc1-c1ccccc1. The second kappa shape index (κ2) is 13.1. The second-order valence-electron chi connectivity index (χ2n) is 11.1. The lowest BCUT2D eigenvalue weighted by Crippen LogP contribution is -2.21. The minimum Gasteiger partial charge on any atom is -0.506 e. The largest absolute Gasteiger partial charge is 0.506 e. The first-order chi connectivity index (χ1) is 22.3. The maximum Gasteiger partial charge on any atom is 0.409 e. The van der Waals surface area contributed by atoms with E-state index >= 15 is 0 Å². The number of hydrogen-bond donors (Lipinski definition) is 7. The Morgan fingerprint density at radius 2 is 1.70 bits per heavy atom. The topological polar surface area (TPSA) is 172 Å². The smallest absolute Gasteiger partial charge is 0.409 e. The van der Waals surface area contributed by atoms with Crippen molar-refractivity contribution in [3.8, 4) is 16.9 Å². The Balaban J connectivity index is 1.09. The van der Waals surface area contributed by atoms with Gasteiger partial charge in [0.25, 0.3) is 0 Å². The molecule has 0 aliphatic carbocycles. The van der Waals surface area contributed by atoms with Crippen LogP contribution in [0.1, 0.15) is 29.2 Å². The molecule has 11 heteroatoms. The summed E-state index contributed by atoms with van der Waals surface area (Å²) in [7, 11) is 0. The summed E-state index contributed by atoms with van der Waals surface area (Å²) in [6, 6.07) is 27.1. The first kappa shape index (κ1) is 30.4. The minimum absolute atomic E-state index is 0.0643. The van der Waals surface area contributed by atoms with Gasteiger partial charge in [-0.1, -0.05) is 54.6 Å². The van der Waals surface area contributed by atoms with Crippen molar-refractivity contribution in [2.24, 2.45) is 0 Å². The number of nitrogens with zero attached hydrogens (tertiary/aromatic N) is 1. The molecule has 4 aromatic carbocycles. The average Bonchev–Trinajstić information content (AvgIpc) is 3.35. The monoisotopic (exact) mass is 619 g/mol. The lowest BCUT2D eigenvalue weighted by atomic mass is 9.99. The van der Waals surface area contributed by atoms with Crippen LogP contribution in [0.5, 0.6) is 5.75 Å². The van der Waals surface area contributed by atoms with E-state index in [1.807, 2.05) is 66.7 Å². The predicted molar refractivity (Wildman–Crippen MR) is 177 cm³/mol. The Labute approximate surface area is 262 Å². The van der Waals surface area contributed by atoms with E-state index < -0.39 is 12.2 Å². The molecule has 6 rings (SSSR count). The quantitative estimate of drug-likeness (QED) is 0.106. The third-order valence-corrected chi connectivity index (χ3v) is 8.03. The van der Waals surface area contributed by atoms with Crippen LogP contribution in [0.3, 0.4) is 0 Å². The molecule has 234 valence electrons. The number of carboxylic acid groups (broad SMARTS) is 1.